The van der Waals surface area contributed by atoms with Crippen LogP contribution in [-0.2, 0) is 11.3 Å². The lowest BCUT2D eigenvalue weighted by atomic mass is 10.1. The molecule has 0 fully saturated rings. The summed E-state index contributed by atoms with van der Waals surface area (Å²) < 4.78 is 11.0. The highest BCUT2D eigenvalue weighted by atomic mass is 16.5. The molecule has 1 aromatic carbocycles. The third-order valence-electron chi connectivity index (χ3n) is 3.46. The number of aryl methyl sites for hydroxylation is 3. The Hall–Kier alpha value is -2.23. The van der Waals surface area contributed by atoms with E-state index >= 15 is 0 Å². The van der Waals surface area contributed by atoms with Gasteiger partial charge in [-0.1, -0.05) is 6.07 Å². The molecule has 0 unspecified atom stereocenters. The van der Waals surface area contributed by atoms with E-state index in [2.05, 4.69) is 0 Å². The molecule has 0 spiro atoms. The van der Waals surface area contributed by atoms with Crippen molar-refractivity contribution in [3.05, 3.63) is 53.0 Å². The highest BCUT2D eigenvalue weighted by Crippen LogP contribution is 2.16. The van der Waals surface area contributed by atoms with Crippen LogP contribution in [0.15, 0.2) is 34.7 Å². The lowest BCUT2D eigenvalue weighted by molar-refractivity contribution is -0.132. The second kappa shape index (κ2) is 6.48. The maximum atomic E-state index is 12.0. The van der Waals surface area contributed by atoms with Crippen molar-refractivity contribution in [1.82, 2.24) is 4.90 Å². The molecule has 112 valence electrons. The number of carbonyl (C=O) groups is 1. The molecule has 2 aromatic rings. The Morgan fingerprint density at radius 1 is 1.14 bits per heavy atom. The van der Waals surface area contributed by atoms with Gasteiger partial charge in [-0.15, -0.1) is 0 Å². The van der Waals surface area contributed by atoms with Crippen LogP contribution in [0.3, 0.4) is 0 Å². The van der Waals surface area contributed by atoms with Crippen molar-refractivity contribution in [1.29, 1.82) is 0 Å². The lowest BCUT2D eigenvalue weighted by Crippen LogP contribution is -2.30. The smallest absolute Gasteiger partial charge is 0.260 e. The molecule has 1 aromatic heterocycles. The number of ether oxygens (including phenoxy) is 1. The zero-order valence-corrected chi connectivity index (χ0v) is 13.0. The molecule has 21 heavy (non-hydrogen) atoms. The number of likely N-dealkylation sites (N-methyl/N-ethyl adjacent to an activating group) is 1. The summed E-state index contributed by atoms with van der Waals surface area (Å²) in [6, 6.07) is 9.58. The molecule has 1 amide bonds. The van der Waals surface area contributed by atoms with Gasteiger partial charge in [-0.3, -0.25) is 4.79 Å². The quantitative estimate of drug-likeness (QED) is 0.848. The van der Waals surface area contributed by atoms with Crippen molar-refractivity contribution in [2.24, 2.45) is 0 Å². The minimum Gasteiger partial charge on any atom is -0.484 e. The molecule has 0 aliphatic rings. The Kier molecular flexibility index (Phi) is 4.68. The predicted octanol–water partition coefficient (Wildman–Crippen LogP) is 3.24. The average molecular weight is 287 g/mol. The highest BCUT2D eigenvalue weighted by molar-refractivity contribution is 5.77. The molecule has 0 radical (unpaired) electrons. The van der Waals surface area contributed by atoms with Crippen LogP contribution in [0, 0.1) is 20.8 Å². The van der Waals surface area contributed by atoms with Gasteiger partial charge in [0, 0.05) is 7.05 Å². The zero-order chi connectivity index (χ0) is 15.4. The molecule has 0 aliphatic heterocycles. The van der Waals surface area contributed by atoms with Crippen LogP contribution < -0.4 is 4.74 Å². The molecule has 4 heteroatoms. The number of carbonyl (C=O) groups excluding carboxylic acids is 1. The first-order chi connectivity index (χ1) is 9.95. The van der Waals surface area contributed by atoms with E-state index < -0.39 is 0 Å². The van der Waals surface area contributed by atoms with E-state index in [1.807, 2.05) is 51.1 Å². The van der Waals surface area contributed by atoms with Crippen LogP contribution in [-0.4, -0.2) is 24.5 Å². The van der Waals surface area contributed by atoms with Gasteiger partial charge in [0.25, 0.3) is 5.91 Å². The van der Waals surface area contributed by atoms with Gasteiger partial charge < -0.3 is 14.1 Å². The third-order valence-corrected chi connectivity index (χ3v) is 3.46. The molecule has 0 saturated carbocycles. The first-order valence-corrected chi connectivity index (χ1v) is 6.95. The second-order valence-corrected chi connectivity index (χ2v) is 5.30. The fourth-order valence-corrected chi connectivity index (χ4v) is 1.95. The molecule has 0 aliphatic carbocycles. The van der Waals surface area contributed by atoms with Gasteiger partial charge in [0.15, 0.2) is 6.61 Å². The highest BCUT2D eigenvalue weighted by Gasteiger charge is 2.12. The topological polar surface area (TPSA) is 42.7 Å². The minimum absolute atomic E-state index is 0.0265. The van der Waals surface area contributed by atoms with Crippen LogP contribution >= 0.6 is 0 Å². The van der Waals surface area contributed by atoms with Gasteiger partial charge in [-0.05, 0) is 56.2 Å². The van der Waals surface area contributed by atoms with Crippen LogP contribution in [0.2, 0.25) is 0 Å². The van der Waals surface area contributed by atoms with E-state index in [1.165, 1.54) is 5.56 Å². The first-order valence-electron chi connectivity index (χ1n) is 6.95. The molecule has 0 bridgehead atoms. The number of nitrogens with zero attached hydrogens (tertiary/aromatic N) is 1. The number of hydrogen-bond donors (Lipinski definition) is 0. The first kappa shape index (κ1) is 15.2. The number of hydrogen-bond acceptors (Lipinski definition) is 3. The normalized spacial score (nSPS) is 10.5. The summed E-state index contributed by atoms with van der Waals surface area (Å²) in [4.78, 5) is 13.6. The third kappa shape index (κ3) is 4.12. The van der Waals surface area contributed by atoms with Gasteiger partial charge in [-0.25, -0.2) is 0 Å². The van der Waals surface area contributed by atoms with Gasteiger partial charge in [0.05, 0.1) is 6.54 Å². The SMILES string of the molecule is Cc1ccc(CN(C)C(=O)COc2ccc(C)c(C)c2)o1. The number of benzene rings is 1. The van der Waals surface area contributed by atoms with Gasteiger partial charge in [-0.2, -0.15) is 0 Å². The van der Waals surface area contributed by atoms with Crippen molar-refractivity contribution in [2.75, 3.05) is 13.7 Å². The summed E-state index contributed by atoms with van der Waals surface area (Å²) in [7, 11) is 1.74. The summed E-state index contributed by atoms with van der Waals surface area (Å²) >= 11 is 0. The van der Waals surface area contributed by atoms with Gasteiger partial charge in [0.1, 0.15) is 17.3 Å². The van der Waals surface area contributed by atoms with E-state index in [-0.39, 0.29) is 12.5 Å². The maximum absolute atomic E-state index is 12.0. The van der Waals surface area contributed by atoms with Gasteiger partial charge in [0.2, 0.25) is 0 Å². The van der Waals surface area contributed by atoms with Crippen molar-refractivity contribution < 1.29 is 13.9 Å². The van der Waals surface area contributed by atoms with Crippen molar-refractivity contribution in [2.45, 2.75) is 27.3 Å². The zero-order valence-electron chi connectivity index (χ0n) is 13.0. The van der Waals surface area contributed by atoms with E-state index in [1.54, 1.807) is 11.9 Å². The number of rotatable bonds is 5. The van der Waals surface area contributed by atoms with Crippen molar-refractivity contribution in [3.8, 4) is 5.75 Å². The molecule has 1 heterocycles. The minimum atomic E-state index is -0.0812. The Morgan fingerprint density at radius 2 is 1.90 bits per heavy atom. The summed E-state index contributed by atoms with van der Waals surface area (Å²) in [5, 5.41) is 0. The Bertz CT molecular complexity index is 631. The van der Waals surface area contributed by atoms with Crippen LogP contribution in [0.5, 0.6) is 5.75 Å². The number of furan rings is 1. The monoisotopic (exact) mass is 287 g/mol. The lowest BCUT2D eigenvalue weighted by Gasteiger charge is -2.16. The molecule has 2 rings (SSSR count). The van der Waals surface area contributed by atoms with E-state index in [4.69, 9.17) is 9.15 Å². The van der Waals surface area contributed by atoms with Crippen LogP contribution in [0.1, 0.15) is 22.6 Å². The fourth-order valence-electron chi connectivity index (χ4n) is 1.95. The molecule has 0 N–H and O–H groups in total. The fraction of sp³-hybridized carbons (Fsp3) is 0.353. The Balaban J connectivity index is 1.87. The molecule has 4 nitrogen and oxygen atoms in total. The van der Waals surface area contributed by atoms with Crippen molar-refractivity contribution in [3.63, 3.8) is 0 Å². The number of amides is 1. The summed E-state index contributed by atoms with van der Waals surface area (Å²) in [5.41, 5.74) is 2.36. The van der Waals surface area contributed by atoms with E-state index in [9.17, 15) is 4.79 Å². The average Bonchev–Trinajstić information content (AvgIpc) is 2.85. The summed E-state index contributed by atoms with van der Waals surface area (Å²) in [5.74, 6) is 2.25. The Labute approximate surface area is 125 Å². The molecule has 0 atom stereocenters. The van der Waals surface area contributed by atoms with Gasteiger partial charge >= 0.3 is 0 Å². The van der Waals surface area contributed by atoms with E-state index in [0.717, 1.165) is 17.1 Å². The molecular formula is C17H21NO3. The van der Waals surface area contributed by atoms with Crippen LogP contribution in [0.25, 0.3) is 0 Å². The van der Waals surface area contributed by atoms with Crippen molar-refractivity contribution >= 4 is 5.91 Å². The largest absolute Gasteiger partial charge is 0.484 e. The summed E-state index contributed by atoms with van der Waals surface area (Å²) in [6.07, 6.45) is 0. The summed E-state index contributed by atoms with van der Waals surface area (Å²) in [6.45, 7) is 6.43. The maximum Gasteiger partial charge on any atom is 0.260 e. The standard InChI is InChI=1S/C17H21NO3/c1-12-5-7-15(9-13(12)2)20-11-17(19)18(4)10-16-8-6-14(3)21-16/h5-9H,10-11H2,1-4H3. The Morgan fingerprint density at radius 3 is 2.52 bits per heavy atom. The second-order valence-electron chi connectivity index (χ2n) is 5.30. The van der Waals surface area contributed by atoms with Crippen LogP contribution in [0.4, 0.5) is 0 Å². The predicted molar refractivity (Wildman–Crippen MR) is 81.3 cm³/mol. The molecular weight excluding hydrogens is 266 g/mol. The van der Waals surface area contributed by atoms with E-state index in [0.29, 0.717) is 12.3 Å². The molecule has 0 saturated heterocycles.